The molecular formula is C77H124O6. The Balaban J connectivity index is 4.41. The van der Waals surface area contributed by atoms with E-state index in [0.29, 0.717) is 19.3 Å². The number of esters is 3. The zero-order chi connectivity index (χ0) is 59.9. The third-order valence-corrected chi connectivity index (χ3v) is 14.0. The molecule has 0 aromatic carbocycles. The molecule has 1 atom stereocenters. The third kappa shape index (κ3) is 67.7. The molecule has 6 heteroatoms. The maximum atomic E-state index is 12.9. The van der Waals surface area contributed by atoms with E-state index in [1.54, 1.807) is 0 Å². The summed E-state index contributed by atoms with van der Waals surface area (Å²) in [7, 11) is 0. The fourth-order valence-corrected chi connectivity index (χ4v) is 8.97. The van der Waals surface area contributed by atoms with E-state index >= 15 is 0 Å². The average Bonchev–Trinajstić information content (AvgIpc) is 3.49. The van der Waals surface area contributed by atoms with E-state index in [1.165, 1.54) is 103 Å². The summed E-state index contributed by atoms with van der Waals surface area (Å²) in [4.78, 5) is 38.3. The largest absolute Gasteiger partial charge is 0.462 e. The first-order valence-electron chi connectivity index (χ1n) is 34.0. The second-order valence-electron chi connectivity index (χ2n) is 22.0. The zero-order valence-electron chi connectivity index (χ0n) is 53.7. The van der Waals surface area contributed by atoms with E-state index in [2.05, 4.69) is 179 Å². The summed E-state index contributed by atoms with van der Waals surface area (Å²) in [5.41, 5.74) is 0. The van der Waals surface area contributed by atoms with Gasteiger partial charge in [0, 0.05) is 19.3 Å². The van der Waals surface area contributed by atoms with E-state index < -0.39 is 6.10 Å². The van der Waals surface area contributed by atoms with Crippen LogP contribution >= 0.6 is 0 Å². The predicted octanol–water partition coefficient (Wildman–Crippen LogP) is 23.7. The lowest BCUT2D eigenvalue weighted by atomic mass is 10.1. The summed E-state index contributed by atoms with van der Waals surface area (Å²) < 4.78 is 16.9. The van der Waals surface area contributed by atoms with Crippen molar-refractivity contribution in [3.05, 3.63) is 158 Å². The van der Waals surface area contributed by atoms with Gasteiger partial charge in [-0.25, -0.2) is 0 Å². The van der Waals surface area contributed by atoms with Gasteiger partial charge in [0.1, 0.15) is 13.2 Å². The number of hydrogen-bond acceptors (Lipinski definition) is 6. The Hall–Kier alpha value is -4.97. The first kappa shape index (κ1) is 78.0. The normalized spacial score (nSPS) is 13.1. The molecule has 0 aliphatic heterocycles. The van der Waals surface area contributed by atoms with Crippen LogP contribution in [0.15, 0.2) is 158 Å². The Morgan fingerprint density at radius 2 is 0.470 bits per heavy atom. The van der Waals surface area contributed by atoms with Crippen LogP contribution in [0.2, 0.25) is 0 Å². The van der Waals surface area contributed by atoms with Crippen LogP contribution in [0, 0.1) is 0 Å². The second-order valence-corrected chi connectivity index (χ2v) is 22.0. The highest BCUT2D eigenvalue weighted by molar-refractivity contribution is 5.71. The monoisotopic (exact) mass is 1140 g/mol. The number of carbonyl (C=O) groups excluding carboxylic acids is 3. The highest BCUT2D eigenvalue weighted by Crippen LogP contribution is 2.15. The van der Waals surface area contributed by atoms with Crippen LogP contribution < -0.4 is 0 Å². The summed E-state index contributed by atoms with van der Waals surface area (Å²) in [5.74, 6) is -0.972. The number of allylic oxidation sites excluding steroid dienone is 26. The molecule has 0 fully saturated rings. The Morgan fingerprint density at radius 1 is 0.253 bits per heavy atom. The standard InChI is InChI=1S/C77H124O6/c1-4-7-10-13-16-19-22-25-27-29-31-33-34-35-36-37-38-39-40-41-42-44-45-47-49-52-55-58-61-64-67-70-76(79)82-73-74(72-81-75(78)69-66-63-60-57-54-51-24-21-18-15-12-9-6-3)83-77(80)71-68-65-62-59-56-53-50-48-46-43-32-30-28-26-23-20-17-14-11-8-5-2/h7,9-10,12,16,18-19,21,25,27,30-33,35-36,38-39,41-42,45,47,51-52,54-55,74H,4-6,8,11,13-15,17,20,22-24,26,28-29,34,37,40,43-44,46,48-50,53,56-73H2,1-3H3/b10-7-,12-9-,19-16-,21-18-,27-25-,32-30-,33-31-,36-35-,39-38-,42-41-,47-45-,54-51-,55-52-. The highest BCUT2D eigenvalue weighted by atomic mass is 16.6. The van der Waals surface area contributed by atoms with E-state index in [9.17, 15) is 14.4 Å². The van der Waals surface area contributed by atoms with E-state index in [4.69, 9.17) is 14.2 Å². The minimum absolute atomic E-state index is 0.110. The van der Waals surface area contributed by atoms with Gasteiger partial charge in [0.25, 0.3) is 0 Å². The van der Waals surface area contributed by atoms with E-state index in [-0.39, 0.29) is 31.1 Å². The Bertz CT molecular complexity index is 1840. The van der Waals surface area contributed by atoms with Crippen LogP contribution in [-0.4, -0.2) is 37.2 Å². The minimum Gasteiger partial charge on any atom is -0.462 e. The smallest absolute Gasteiger partial charge is 0.306 e. The summed E-state index contributed by atoms with van der Waals surface area (Å²) in [6.45, 7) is 6.36. The molecule has 0 radical (unpaired) electrons. The fourth-order valence-electron chi connectivity index (χ4n) is 8.97. The van der Waals surface area contributed by atoms with Crippen LogP contribution in [0.1, 0.15) is 290 Å². The van der Waals surface area contributed by atoms with Crippen molar-refractivity contribution in [1.82, 2.24) is 0 Å². The number of carbonyl (C=O) groups is 3. The Morgan fingerprint density at radius 3 is 0.759 bits per heavy atom. The molecule has 0 amide bonds. The van der Waals surface area contributed by atoms with Gasteiger partial charge in [-0.2, -0.15) is 0 Å². The van der Waals surface area contributed by atoms with Crippen molar-refractivity contribution < 1.29 is 28.6 Å². The van der Waals surface area contributed by atoms with Crippen molar-refractivity contribution in [3.63, 3.8) is 0 Å². The summed E-state index contributed by atoms with van der Waals surface area (Å²) in [6, 6.07) is 0. The summed E-state index contributed by atoms with van der Waals surface area (Å²) in [5, 5.41) is 0. The van der Waals surface area contributed by atoms with Crippen molar-refractivity contribution in [2.24, 2.45) is 0 Å². The topological polar surface area (TPSA) is 78.9 Å². The first-order chi connectivity index (χ1) is 41.0. The lowest BCUT2D eigenvalue weighted by molar-refractivity contribution is -0.167. The van der Waals surface area contributed by atoms with Crippen LogP contribution in [0.25, 0.3) is 0 Å². The number of unbranched alkanes of at least 4 members (excludes halogenated alkanes) is 23. The molecule has 0 heterocycles. The molecule has 0 aromatic heterocycles. The van der Waals surface area contributed by atoms with Gasteiger partial charge in [-0.1, -0.05) is 281 Å². The van der Waals surface area contributed by atoms with Gasteiger partial charge >= 0.3 is 17.9 Å². The van der Waals surface area contributed by atoms with Gasteiger partial charge in [-0.15, -0.1) is 0 Å². The molecule has 0 saturated heterocycles. The van der Waals surface area contributed by atoms with Crippen molar-refractivity contribution in [2.75, 3.05) is 13.2 Å². The molecule has 0 aliphatic rings. The molecule has 0 spiro atoms. The van der Waals surface area contributed by atoms with Crippen LogP contribution in [0.3, 0.4) is 0 Å². The van der Waals surface area contributed by atoms with Crippen LogP contribution in [0.5, 0.6) is 0 Å². The molecule has 0 aromatic rings. The lowest BCUT2D eigenvalue weighted by Crippen LogP contribution is -2.30. The van der Waals surface area contributed by atoms with Crippen LogP contribution in [-0.2, 0) is 28.6 Å². The maximum absolute atomic E-state index is 12.9. The Kier molecular flexibility index (Phi) is 65.4. The van der Waals surface area contributed by atoms with Gasteiger partial charge < -0.3 is 14.2 Å². The van der Waals surface area contributed by atoms with Gasteiger partial charge in [-0.3, -0.25) is 14.4 Å². The Labute approximate surface area is 511 Å². The van der Waals surface area contributed by atoms with Gasteiger partial charge in [0.05, 0.1) is 0 Å². The molecule has 0 N–H and O–H groups in total. The number of rotatable bonds is 60. The third-order valence-electron chi connectivity index (χ3n) is 14.0. The molecule has 0 saturated carbocycles. The molecule has 0 bridgehead atoms. The van der Waals surface area contributed by atoms with E-state index in [0.717, 1.165) is 148 Å². The molecular weight excluding hydrogens is 1020 g/mol. The van der Waals surface area contributed by atoms with Gasteiger partial charge in [0.2, 0.25) is 0 Å². The molecule has 0 aliphatic carbocycles. The quantitative estimate of drug-likeness (QED) is 0.0261. The average molecular weight is 1150 g/mol. The zero-order valence-corrected chi connectivity index (χ0v) is 53.7. The summed E-state index contributed by atoms with van der Waals surface area (Å²) >= 11 is 0. The number of ether oxygens (including phenoxy) is 3. The first-order valence-corrected chi connectivity index (χ1v) is 34.0. The van der Waals surface area contributed by atoms with E-state index in [1.807, 2.05) is 0 Å². The SMILES string of the molecule is CC/C=C\C/C=C\C/C=C\C/C=C\C/C=C\C/C=C\C/C=C\C/C=C\C/C=C\CCCCCC(=O)OCC(COC(=O)CCCCC/C=C\C/C=C\C/C=C\CC)OC(=O)CCCCCCCCCCC/C=C\CCCCCCCCCC. The van der Waals surface area contributed by atoms with Gasteiger partial charge in [-0.05, 0) is 148 Å². The van der Waals surface area contributed by atoms with Crippen molar-refractivity contribution in [3.8, 4) is 0 Å². The molecule has 83 heavy (non-hydrogen) atoms. The molecule has 1 unspecified atom stereocenters. The highest BCUT2D eigenvalue weighted by Gasteiger charge is 2.19. The molecule has 468 valence electrons. The van der Waals surface area contributed by atoms with Gasteiger partial charge in [0.15, 0.2) is 6.10 Å². The van der Waals surface area contributed by atoms with Crippen molar-refractivity contribution in [2.45, 2.75) is 297 Å². The summed E-state index contributed by atoms with van der Waals surface area (Å²) in [6.07, 6.45) is 101. The number of hydrogen-bond donors (Lipinski definition) is 0. The molecule has 0 rings (SSSR count). The van der Waals surface area contributed by atoms with Crippen molar-refractivity contribution in [1.29, 1.82) is 0 Å². The van der Waals surface area contributed by atoms with Crippen molar-refractivity contribution >= 4 is 17.9 Å². The van der Waals surface area contributed by atoms with Crippen LogP contribution in [0.4, 0.5) is 0 Å². The second kappa shape index (κ2) is 69.5. The predicted molar refractivity (Wildman–Crippen MR) is 362 cm³/mol. The minimum atomic E-state index is -0.814. The fraction of sp³-hybridized carbons (Fsp3) is 0.623. The lowest BCUT2D eigenvalue weighted by Gasteiger charge is -2.18. The molecule has 6 nitrogen and oxygen atoms in total. The maximum Gasteiger partial charge on any atom is 0.306 e.